The lowest BCUT2D eigenvalue weighted by Crippen LogP contribution is -2.44. The minimum atomic E-state index is -0.726. The van der Waals surface area contributed by atoms with Crippen LogP contribution in [0.25, 0.3) is 11.4 Å². The molecule has 1 aromatic heterocycles. The van der Waals surface area contributed by atoms with Crippen LogP contribution in [-0.4, -0.2) is 32.5 Å². The van der Waals surface area contributed by atoms with Gasteiger partial charge in [0.1, 0.15) is 12.1 Å². The first-order valence-corrected chi connectivity index (χ1v) is 8.18. The van der Waals surface area contributed by atoms with E-state index in [1.165, 1.54) is 0 Å². The fraction of sp³-hybridized carbons (Fsp3) is 0.375. The molecule has 1 aromatic carbocycles. The summed E-state index contributed by atoms with van der Waals surface area (Å²) in [5, 5.41) is 7.34. The van der Waals surface area contributed by atoms with Crippen molar-refractivity contribution in [2.45, 2.75) is 37.8 Å². The Morgan fingerprint density at radius 2 is 1.92 bits per heavy atom. The van der Waals surface area contributed by atoms with Crippen LogP contribution in [0.4, 0.5) is 4.79 Å². The van der Waals surface area contributed by atoms with Crippen LogP contribution in [0.15, 0.2) is 28.8 Å². The second kappa shape index (κ2) is 5.59. The summed E-state index contributed by atoms with van der Waals surface area (Å²) in [5.74, 6) is 0.416. The van der Waals surface area contributed by atoms with Crippen molar-refractivity contribution < 1.29 is 14.1 Å². The molecule has 124 valence electrons. The molecule has 0 unspecified atom stereocenters. The zero-order chi connectivity index (χ0) is 16.7. The molecule has 2 fully saturated rings. The van der Waals surface area contributed by atoms with Crippen LogP contribution in [-0.2, 0) is 11.3 Å². The highest BCUT2D eigenvalue weighted by molar-refractivity contribution is 6.30. The number of carbonyl (C=O) groups is 2. The number of hydrogen-bond donors (Lipinski definition) is 1. The Labute approximate surface area is 143 Å². The topological polar surface area (TPSA) is 88.3 Å². The van der Waals surface area contributed by atoms with Gasteiger partial charge in [-0.2, -0.15) is 4.98 Å². The predicted molar refractivity (Wildman–Crippen MR) is 85.0 cm³/mol. The van der Waals surface area contributed by atoms with Gasteiger partial charge in [-0.15, -0.1) is 0 Å². The fourth-order valence-electron chi connectivity index (χ4n) is 3.31. The van der Waals surface area contributed by atoms with E-state index < -0.39 is 11.6 Å². The number of rotatable bonds is 3. The maximum absolute atomic E-state index is 12.6. The van der Waals surface area contributed by atoms with Gasteiger partial charge in [0.05, 0.1) is 0 Å². The SMILES string of the molecule is O=C1NC2(CCCC2)C(=O)N1Cc1nc(-c2ccc(Cl)cc2)no1. The van der Waals surface area contributed by atoms with E-state index in [9.17, 15) is 9.59 Å². The average molecular weight is 347 g/mol. The minimum Gasteiger partial charge on any atom is -0.337 e. The summed E-state index contributed by atoms with van der Waals surface area (Å²) in [6, 6.07) is 6.62. The van der Waals surface area contributed by atoms with Gasteiger partial charge in [0, 0.05) is 10.6 Å². The van der Waals surface area contributed by atoms with Gasteiger partial charge < -0.3 is 9.84 Å². The number of hydrogen-bond acceptors (Lipinski definition) is 5. The van der Waals surface area contributed by atoms with E-state index in [0.29, 0.717) is 23.7 Å². The standard InChI is InChI=1S/C16H15ClN4O3/c17-11-5-3-10(4-6-11)13-18-12(24-20-13)9-21-14(22)16(19-15(21)23)7-1-2-8-16/h3-6H,1-2,7-9H2,(H,19,23). The van der Waals surface area contributed by atoms with Gasteiger partial charge in [-0.05, 0) is 37.1 Å². The van der Waals surface area contributed by atoms with Crippen LogP contribution in [0.5, 0.6) is 0 Å². The van der Waals surface area contributed by atoms with Gasteiger partial charge in [-0.1, -0.05) is 29.6 Å². The van der Waals surface area contributed by atoms with Crippen molar-refractivity contribution in [2.24, 2.45) is 0 Å². The molecule has 0 atom stereocenters. The lowest BCUT2D eigenvalue weighted by Gasteiger charge is -2.19. The fourth-order valence-corrected chi connectivity index (χ4v) is 3.43. The van der Waals surface area contributed by atoms with Gasteiger partial charge in [0.25, 0.3) is 5.91 Å². The molecule has 2 aliphatic rings. The molecule has 1 aliphatic heterocycles. The highest BCUT2D eigenvalue weighted by Crippen LogP contribution is 2.35. The lowest BCUT2D eigenvalue weighted by molar-refractivity contribution is -0.131. The van der Waals surface area contributed by atoms with Crippen molar-refractivity contribution in [3.05, 3.63) is 35.2 Å². The van der Waals surface area contributed by atoms with Crippen molar-refractivity contribution in [2.75, 3.05) is 0 Å². The second-order valence-corrected chi connectivity index (χ2v) is 6.57. The zero-order valence-electron chi connectivity index (χ0n) is 12.8. The van der Waals surface area contributed by atoms with E-state index in [-0.39, 0.29) is 18.3 Å². The van der Waals surface area contributed by atoms with Crippen LogP contribution in [0, 0.1) is 0 Å². The van der Waals surface area contributed by atoms with Crippen molar-refractivity contribution in [1.82, 2.24) is 20.4 Å². The average Bonchev–Trinajstić information content (AvgIpc) is 3.27. The first-order chi connectivity index (χ1) is 11.6. The summed E-state index contributed by atoms with van der Waals surface area (Å²) in [6.07, 6.45) is 3.27. The largest absolute Gasteiger partial charge is 0.337 e. The Kier molecular flexibility index (Phi) is 3.53. The van der Waals surface area contributed by atoms with Crippen LogP contribution in [0.3, 0.4) is 0 Å². The van der Waals surface area contributed by atoms with Crippen LogP contribution in [0.1, 0.15) is 31.6 Å². The molecule has 0 radical (unpaired) electrons. The van der Waals surface area contributed by atoms with Crippen molar-refractivity contribution in [3.8, 4) is 11.4 Å². The number of carbonyl (C=O) groups excluding carboxylic acids is 2. The smallest absolute Gasteiger partial charge is 0.325 e. The van der Waals surface area contributed by atoms with Gasteiger partial charge >= 0.3 is 6.03 Å². The van der Waals surface area contributed by atoms with Crippen LogP contribution >= 0.6 is 11.6 Å². The molecule has 1 saturated heterocycles. The Morgan fingerprint density at radius 1 is 1.21 bits per heavy atom. The molecule has 1 N–H and O–H groups in total. The summed E-state index contributed by atoms with van der Waals surface area (Å²) >= 11 is 5.86. The first kappa shape index (κ1) is 15.1. The number of amides is 3. The number of nitrogens with zero attached hydrogens (tertiary/aromatic N) is 3. The number of benzene rings is 1. The van der Waals surface area contributed by atoms with E-state index in [0.717, 1.165) is 23.3 Å². The molecule has 3 amide bonds. The maximum Gasteiger partial charge on any atom is 0.325 e. The molecule has 4 rings (SSSR count). The Bertz CT molecular complexity index is 796. The van der Waals surface area contributed by atoms with Gasteiger partial charge in [0.15, 0.2) is 0 Å². The number of imide groups is 1. The van der Waals surface area contributed by atoms with E-state index in [4.69, 9.17) is 16.1 Å². The summed E-state index contributed by atoms with van der Waals surface area (Å²) in [6.45, 7) is -0.0208. The molecule has 8 heteroatoms. The summed E-state index contributed by atoms with van der Waals surface area (Å²) in [7, 11) is 0. The predicted octanol–water partition coefficient (Wildman–Crippen LogP) is 2.75. The molecule has 1 spiro atoms. The molecule has 2 heterocycles. The quantitative estimate of drug-likeness (QED) is 0.863. The monoisotopic (exact) mass is 346 g/mol. The van der Waals surface area contributed by atoms with Gasteiger partial charge in [-0.3, -0.25) is 9.69 Å². The van der Waals surface area contributed by atoms with Crippen molar-refractivity contribution >= 4 is 23.5 Å². The number of nitrogens with one attached hydrogen (secondary N) is 1. The lowest BCUT2D eigenvalue weighted by atomic mass is 9.98. The van der Waals surface area contributed by atoms with Crippen molar-refractivity contribution in [3.63, 3.8) is 0 Å². The maximum atomic E-state index is 12.6. The zero-order valence-corrected chi connectivity index (χ0v) is 13.5. The van der Waals surface area contributed by atoms with E-state index in [1.807, 2.05) is 0 Å². The van der Waals surface area contributed by atoms with E-state index in [2.05, 4.69) is 15.5 Å². The molecular weight excluding hydrogens is 332 g/mol. The van der Waals surface area contributed by atoms with E-state index >= 15 is 0 Å². The second-order valence-electron chi connectivity index (χ2n) is 6.13. The third-order valence-corrected chi connectivity index (χ3v) is 4.82. The van der Waals surface area contributed by atoms with Crippen LogP contribution in [0.2, 0.25) is 5.02 Å². The Morgan fingerprint density at radius 3 is 2.62 bits per heavy atom. The van der Waals surface area contributed by atoms with Gasteiger partial charge in [0.2, 0.25) is 11.7 Å². The Hall–Kier alpha value is -2.41. The third-order valence-electron chi connectivity index (χ3n) is 4.57. The Balaban J connectivity index is 1.53. The summed E-state index contributed by atoms with van der Waals surface area (Å²) in [5.41, 5.74) is 0.0229. The normalized spacial score (nSPS) is 19.3. The molecule has 1 saturated carbocycles. The van der Waals surface area contributed by atoms with Crippen molar-refractivity contribution in [1.29, 1.82) is 0 Å². The number of aromatic nitrogens is 2. The van der Waals surface area contributed by atoms with Gasteiger partial charge in [-0.25, -0.2) is 4.79 Å². The minimum absolute atomic E-state index is 0.0208. The summed E-state index contributed by atoms with van der Waals surface area (Å²) < 4.78 is 5.19. The highest BCUT2D eigenvalue weighted by Gasteiger charge is 2.52. The third kappa shape index (κ3) is 2.45. The molecule has 24 heavy (non-hydrogen) atoms. The number of urea groups is 1. The number of halogens is 1. The summed E-state index contributed by atoms with van der Waals surface area (Å²) in [4.78, 5) is 30.2. The highest BCUT2D eigenvalue weighted by atomic mass is 35.5. The molecule has 7 nitrogen and oxygen atoms in total. The van der Waals surface area contributed by atoms with E-state index in [1.54, 1.807) is 24.3 Å². The molecule has 1 aliphatic carbocycles. The van der Waals surface area contributed by atoms with Crippen LogP contribution < -0.4 is 5.32 Å². The molecule has 0 bridgehead atoms. The molecule has 2 aromatic rings. The molecular formula is C16H15ClN4O3. The first-order valence-electron chi connectivity index (χ1n) is 7.80.